The van der Waals surface area contributed by atoms with Crippen LogP contribution in [0.5, 0.6) is 0 Å². The lowest BCUT2D eigenvalue weighted by Gasteiger charge is -1.95. The summed E-state index contributed by atoms with van der Waals surface area (Å²) < 4.78 is 12.3. The van der Waals surface area contributed by atoms with E-state index in [1.54, 1.807) is 35.9 Å². The molecule has 2 rings (SSSR count). The fourth-order valence-corrected chi connectivity index (χ4v) is 3.88. The van der Waals surface area contributed by atoms with E-state index in [9.17, 15) is 4.21 Å². The smallest absolute Gasteiger partial charge is 0.205 e. The first-order chi connectivity index (χ1) is 9.74. The second-order valence-corrected chi connectivity index (χ2v) is 7.66. The van der Waals surface area contributed by atoms with Gasteiger partial charge in [0.2, 0.25) is 10.3 Å². The predicted octanol–water partition coefficient (Wildman–Crippen LogP) is 3.73. The molecule has 0 saturated heterocycles. The van der Waals surface area contributed by atoms with Gasteiger partial charge in [-0.15, -0.1) is 35.9 Å². The Balaban J connectivity index is 0.00000220. The Morgan fingerprint density at radius 3 is 1.81 bits per heavy atom. The first kappa shape index (κ1) is 18.6. The number of nitrogens with one attached hydrogen (secondary N) is 2. The topological polar surface area (TPSA) is 74.4 Å². The van der Waals surface area contributed by atoms with E-state index in [1.807, 2.05) is 0 Å². The van der Waals surface area contributed by atoms with Crippen LogP contribution < -0.4 is 0 Å². The molecule has 0 aliphatic heterocycles. The van der Waals surface area contributed by atoms with Crippen molar-refractivity contribution in [2.24, 2.45) is 0 Å². The molecule has 0 unspecified atom stereocenters. The summed E-state index contributed by atoms with van der Waals surface area (Å²) in [6.07, 6.45) is 5.64. The largest absolute Gasteiger partial charge is 0.326 e. The van der Waals surface area contributed by atoms with Crippen LogP contribution in [0.1, 0.15) is 26.7 Å². The molecule has 9 heteroatoms. The van der Waals surface area contributed by atoms with Crippen molar-refractivity contribution in [2.75, 3.05) is 11.5 Å². The molecule has 0 amide bonds. The molecule has 0 aromatic carbocycles. The van der Waals surface area contributed by atoms with Crippen molar-refractivity contribution in [3.05, 3.63) is 12.4 Å². The Labute approximate surface area is 141 Å². The Morgan fingerprint density at radius 2 is 1.43 bits per heavy atom. The van der Waals surface area contributed by atoms with Gasteiger partial charge in [-0.25, -0.2) is 14.2 Å². The summed E-state index contributed by atoms with van der Waals surface area (Å²) in [5.41, 5.74) is 0. The third kappa shape index (κ3) is 5.36. The highest BCUT2D eigenvalue weighted by atomic mass is 35.5. The van der Waals surface area contributed by atoms with Crippen molar-refractivity contribution in [1.29, 1.82) is 0 Å². The van der Waals surface area contributed by atoms with Gasteiger partial charge in [0.15, 0.2) is 10.8 Å². The predicted molar refractivity (Wildman–Crippen MR) is 91.1 cm³/mol. The quantitative estimate of drug-likeness (QED) is 0.696. The van der Waals surface area contributed by atoms with Crippen LogP contribution in [-0.2, 0) is 10.8 Å². The number of nitrogens with zero attached hydrogens (tertiary/aromatic N) is 2. The van der Waals surface area contributed by atoms with Gasteiger partial charge in [0, 0.05) is 0 Å². The van der Waals surface area contributed by atoms with Gasteiger partial charge in [-0.05, 0) is 24.3 Å². The molecule has 0 aliphatic carbocycles. The van der Waals surface area contributed by atoms with E-state index in [2.05, 4.69) is 33.8 Å². The first-order valence-electron chi connectivity index (χ1n) is 6.52. The van der Waals surface area contributed by atoms with Gasteiger partial charge < -0.3 is 9.97 Å². The highest BCUT2D eigenvalue weighted by molar-refractivity contribution is 7.99. The fourth-order valence-electron chi connectivity index (χ4n) is 1.43. The summed E-state index contributed by atoms with van der Waals surface area (Å²) in [7, 11) is -1.38. The van der Waals surface area contributed by atoms with Gasteiger partial charge in [-0.3, -0.25) is 0 Å². The molecular formula is C12H19ClN4OS3. The van der Waals surface area contributed by atoms with Crippen molar-refractivity contribution in [1.82, 2.24) is 19.9 Å². The maximum absolute atomic E-state index is 12.3. The summed E-state index contributed by atoms with van der Waals surface area (Å²) in [6.45, 7) is 4.25. The molecule has 0 saturated carbocycles. The average molecular weight is 367 g/mol. The molecule has 118 valence electrons. The first-order valence-corrected chi connectivity index (χ1v) is 9.64. The standard InChI is InChI=1S/C12H18N4OS3.ClH/c1-3-5-18-9-7-13-11(15-9)20(17)12-14-8-10(16-12)19-6-4-2;/h7-8H,3-6H2,1-2H3,(H,13,15)(H,14,16);1H. The number of halogens is 1. The molecule has 0 fully saturated rings. The third-order valence-electron chi connectivity index (χ3n) is 2.33. The van der Waals surface area contributed by atoms with E-state index in [4.69, 9.17) is 0 Å². The van der Waals surface area contributed by atoms with Crippen molar-refractivity contribution in [2.45, 2.75) is 47.1 Å². The van der Waals surface area contributed by atoms with E-state index >= 15 is 0 Å². The monoisotopic (exact) mass is 366 g/mol. The van der Waals surface area contributed by atoms with E-state index in [0.717, 1.165) is 34.4 Å². The van der Waals surface area contributed by atoms with Crippen LogP contribution >= 0.6 is 35.9 Å². The zero-order valence-corrected chi connectivity index (χ0v) is 15.2. The fraction of sp³-hybridized carbons (Fsp3) is 0.500. The lowest BCUT2D eigenvalue weighted by atomic mass is 10.6. The molecule has 2 N–H and O–H groups in total. The minimum absolute atomic E-state index is 0. The lowest BCUT2D eigenvalue weighted by molar-refractivity contribution is 0.670. The molecule has 0 aliphatic rings. The number of hydrogen-bond donors (Lipinski definition) is 2. The minimum atomic E-state index is -1.38. The molecule has 0 bridgehead atoms. The number of imidazole rings is 2. The van der Waals surface area contributed by atoms with Gasteiger partial charge in [0.05, 0.1) is 22.4 Å². The number of hydrogen-bond acceptors (Lipinski definition) is 5. The third-order valence-corrected chi connectivity index (χ3v) is 5.71. The van der Waals surface area contributed by atoms with Crippen LogP contribution in [0.25, 0.3) is 0 Å². The zero-order chi connectivity index (χ0) is 14.4. The Hall–Kier alpha value is -0.440. The van der Waals surface area contributed by atoms with E-state index < -0.39 is 10.8 Å². The summed E-state index contributed by atoms with van der Waals surface area (Å²) in [6, 6.07) is 0. The molecular weight excluding hydrogens is 348 g/mol. The summed E-state index contributed by atoms with van der Waals surface area (Å²) >= 11 is 3.37. The van der Waals surface area contributed by atoms with Crippen LogP contribution in [0.3, 0.4) is 0 Å². The average Bonchev–Trinajstić information content (AvgIpc) is 3.11. The molecule has 5 nitrogen and oxygen atoms in total. The summed E-state index contributed by atoms with van der Waals surface area (Å²) in [4.78, 5) is 14.5. The van der Waals surface area contributed by atoms with Gasteiger partial charge in [-0.1, -0.05) is 13.8 Å². The van der Waals surface area contributed by atoms with Gasteiger partial charge in [0.1, 0.15) is 0 Å². The number of aromatic nitrogens is 4. The second-order valence-electron chi connectivity index (χ2n) is 4.07. The van der Waals surface area contributed by atoms with Crippen molar-refractivity contribution >= 4 is 46.7 Å². The van der Waals surface area contributed by atoms with Crippen LogP contribution in [0.2, 0.25) is 0 Å². The van der Waals surface area contributed by atoms with Gasteiger partial charge in [-0.2, -0.15) is 0 Å². The number of thioether (sulfide) groups is 2. The number of H-pyrrole nitrogens is 2. The Kier molecular flexibility index (Phi) is 8.46. The van der Waals surface area contributed by atoms with Crippen LogP contribution in [0.4, 0.5) is 0 Å². The van der Waals surface area contributed by atoms with Gasteiger partial charge in [0.25, 0.3) is 0 Å². The molecule has 2 heterocycles. The van der Waals surface area contributed by atoms with Crippen molar-refractivity contribution in [3.63, 3.8) is 0 Å². The number of rotatable bonds is 8. The molecule has 0 spiro atoms. The van der Waals surface area contributed by atoms with Crippen molar-refractivity contribution < 1.29 is 4.21 Å². The molecule has 21 heavy (non-hydrogen) atoms. The van der Waals surface area contributed by atoms with Crippen LogP contribution in [-0.4, -0.2) is 35.7 Å². The normalized spacial score (nSPS) is 10.8. The molecule has 2 aromatic heterocycles. The van der Waals surface area contributed by atoms with Crippen molar-refractivity contribution in [3.8, 4) is 0 Å². The van der Waals surface area contributed by atoms with Crippen LogP contribution in [0.15, 0.2) is 32.8 Å². The molecule has 2 aromatic rings. The maximum Gasteiger partial charge on any atom is 0.205 e. The van der Waals surface area contributed by atoms with E-state index in [1.165, 1.54) is 0 Å². The van der Waals surface area contributed by atoms with Crippen LogP contribution in [0, 0.1) is 0 Å². The molecule has 0 radical (unpaired) electrons. The summed E-state index contributed by atoms with van der Waals surface area (Å²) in [5.74, 6) is 2.04. The zero-order valence-electron chi connectivity index (χ0n) is 11.9. The van der Waals surface area contributed by atoms with E-state index in [-0.39, 0.29) is 12.4 Å². The minimum Gasteiger partial charge on any atom is -0.326 e. The highest BCUT2D eigenvalue weighted by Gasteiger charge is 2.15. The number of aromatic amines is 2. The Morgan fingerprint density at radius 1 is 1.00 bits per heavy atom. The Bertz CT molecular complexity index is 524. The molecule has 0 atom stereocenters. The summed E-state index contributed by atoms with van der Waals surface area (Å²) in [5, 5.41) is 2.79. The maximum atomic E-state index is 12.3. The van der Waals surface area contributed by atoms with E-state index in [0.29, 0.717) is 10.3 Å². The highest BCUT2D eigenvalue weighted by Crippen LogP contribution is 2.21. The van der Waals surface area contributed by atoms with Gasteiger partial charge >= 0.3 is 0 Å². The SMILES string of the molecule is CCCSc1cnc(S(=O)c2ncc(SCCC)[nH]2)[nH]1.Cl. The second kappa shape index (κ2) is 9.55. The lowest BCUT2D eigenvalue weighted by Crippen LogP contribution is -1.97.